The van der Waals surface area contributed by atoms with E-state index in [1.807, 2.05) is 12.5 Å². The zero-order valence-corrected chi connectivity index (χ0v) is 8.73. The summed E-state index contributed by atoms with van der Waals surface area (Å²) in [6, 6.07) is 0. The van der Waals surface area contributed by atoms with Crippen LogP contribution in [-0.2, 0) is 11.3 Å². The Kier molecular flexibility index (Phi) is 2.40. The lowest BCUT2D eigenvalue weighted by Gasteiger charge is -2.04. The molecule has 0 aromatic carbocycles. The van der Waals surface area contributed by atoms with Crippen LogP contribution in [0.2, 0.25) is 0 Å². The molecule has 1 aromatic rings. The topological polar surface area (TPSA) is 34.9 Å². The molecule has 0 radical (unpaired) electrons. The summed E-state index contributed by atoms with van der Waals surface area (Å²) in [6.07, 6.45) is 5.91. The Morgan fingerprint density at radius 3 is 3.07 bits per heavy atom. The van der Waals surface area contributed by atoms with Crippen LogP contribution in [0.15, 0.2) is 12.5 Å². The first-order chi connectivity index (χ1) is 6.74. The van der Waals surface area contributed by atoms with E-state index >= 15 is 0 Å². The molecule has 0 N–H and O–H groups in total. The molecule has 2 rings (SSSR count). The van der Waals surface area contributed by atoms with E-state index in [2.05, 4.69) is 16.5 Å². The number of hydrogen-bond acceptors (Lipinski definition) is 2. The van der Waals surface area contributed by atoms with E-state index in [0.717, 1.165) is 19.4 Å². The van der Waals surface area contributed by atoms with Gasteiger partial charge in [0, 0.05) is 30.3 Å². The first kappa shape index (κ1) is 9.44. The Labute approximate surface area is 84.1 Å². The van der Waals surface area contributed by atoms with E-state index in [9.17, 15) is 4.79 Å². The molecule has 0 saturated heterocycles. The normalized spacial score (nSPS) is 25.0. The van der Waals surface area contributed by atoms with Crippen molar-refractivity contribution in [2.45, 2.75) is 39.2 Å². The van der Waals surface area contributed by atoms with Crippen LogP contribution >= 0.6 is 0 Å². The van der Waals surface area contributed by atoms with Gasteiger partial charge in [0.2, 0.25) is 0 Å². The Hall–Kier alpha value is -1.12. The van der Waals surface area contributed by atoms with Crippen LogP contribution in [0.3, 0.4) is 0 Å². The maximum absolute atomic E-state index is 11.2. The van der Waals surface area contributed by atoms with Crippen molar-refractivity contribution in [1.82, 2.24) is 9.55 Å². The number of carbonyl (C=O) groups is 1. The van der Waals surface area contributed by atoms with Crippen LogP contribution in [0.25, 0.3) is 0 Å². The zero-order chi connectivity index (χ0) is 10.1. The Morgan fingerprint density at radius 1 is 1.71 bits per heavy atom. The second kappa shape index (κ2) is 3.56. The molecule has 0 bridgehead atoms. The highest BCUT2D eigenvalue weighted by molar-refractivity contribution is 5.82. The highest BCUT2D eigenvalue weighted by Crippen LogP contribution is 2.47. The van der Waals surface area contributed by atoms with E-state index in [-0.39, 0.29) is 5.92 Å². The Balaban J connectivity index is 2.10. The monoisotopic (exact) mass is 192 g/mol. The third-order valence-electron chi connectivity index (χ3n) is 2.90. The van der Waals surface area contributed by atoms with Crippen molar-refractivity contribution < 1.29 is 4.79 Å². The van der Waals surface area contributed by atoms with Gasteiger partial charge in [-0.2, -0.15) is 0 Å². The molecule has 0 spiro atoms. The summed E-state index contributed by atoms with van der Waals surface area (Å²) in [5, 5.41) is 0. The Bertz CT molecular complexity index is 343. The number of carbonyl (C=O) groups excluding carboxylic acids is 1. The van der Waals surface area contributed by atoms with Crippen LogP contribution in [0.4, 0.5) is 0 Å². The zero-order valence-electron chi connectivity index (χ0n) is 8.73. The fourth-order valence-corrected chi connectivity index (χ4v) is 2.04. The summed E-state index contributed by atoms with van der Waals surface area (Å²) in [7, 11) is 0. The van der Waals surface area contributed by atoms with Gasteiger partial charge in [-0.1, -0.05) is 6.92 Å². The Morgan fingerprint density at radius 2 is 2.50 bits per heavy atom. The van der Waals surface area contributed by atoms with Gasteiger partial charge >= 0.3 is 0 Å². The quantitative estimate of drug-likeness (QED) is 0.731. The summed E-state index contributed by atoms with van der Waals surface area (Å²) in [5.41, 5.74) is 1.24. The minimum absolute atomic E-state index is 0.266. The van der Waals surface area contributed by atoms with Crippen molar-refractivity contribution in [3.8, 4) is 0 Å². The number of nitrogens with zero attached hydrogens (tertiary/aromatic N) is 2. The van der Waals surface area contributed by atoms with Gasteiger partial charge < -0.3 is 4.57 Å². The van der Waals surface area contributed by atoms with Crippen LogP contribution in [0, 0.1) is 5.92 Å². The number of imidazole rings is 1. The summed E-state index contributed by atoms with van der Waals surface area (Å²) in [6.45, 7) is 4.85. The van der Waals surface area contributed by atoms with E-state index in [4.69, 9.17) is 0 Å². The first-order valence-electron chi connectivity index (χ1n) is 5.24. The van der Waals surface area contributed by atoms with Crippen molar-refractivity contribution in [3.63, 3.8) is 0 Å². The molecule has 1 heterocycles. The third-order valence-corrected chi connectivity index (χ3v) is 2.90. The van der Waals surface area contributed by atoms with E-state index in [1.54, 1.807) is 6.92 Å². The molecule has 1 fully saturated rings. The van der Waals surface area contributed by atoms with Crippen molar-refractivity contribution in [1.29, 1.82) is 0 Å². The second-order valence-corrected chi connectivity index (χ2v) is 4.07. The second-order valence-electron chi connectivity index (χ2n) is 4.07. The average molecular weight is 192 g/mol. The van der Waals surface area contributed by atoms with Crippen molar-refractivity contribution in [2.24, 2.45) is 5.92 Å². The maximum atomic E-state index is 11.2. The molecule has 76 valence electrons. The van der Waals surface area contributed by atoms with E-state index in [1.165, 1.54) is 5.69 Å². The standard InChI is InChI=1S/C11H16N2O/c1-3-4-13-7-12-6-11(13)10-5-9(10)8(2)14/h6-7,9-10H,3-5H2,1-2H3. The van der Waals surface area contributed by atoms with Crippen molar-refractivity contribution >= 4 is 5.78 Å². The summed E-state index contributed by atoms with van der Waals surface area (Å²) in [5.74, 6) is 1.03. The SMILES string of the molecule is CCCn1cncc1C1CC1C(C)=O. The van der Waals surface area contributed by atoms with Crippen LogP contribution in [0.5, 0.6) is 0 Å². The third kappa shape index (κ3) is 1.59. The molecule has 1 aromatic heterocycles. The minimum Gasteiger partial charge on any atom is -0.334 e. The molecule has 0 amide bonds. The summed E-state index contributed by atoms with van der Waals surface area (Å²) < 4.78 is 2.17. The highest BCUT2D eigenvalue weighted by atomic mass is 16.1. The van der Waals surface area contributed by atoms with Crippen LogP contribution in [0.1, 0.15) is 38.3 Å². The van der Waals surface area contributed by atoms with Crippen LogP contribution in [-0.4, -0.2) is 15.3 Å². The molecule has 1 aliphatic carbocycles. The van der Waals surface area contributed by atoms with E-state index < -0.39 is 0 Å². The molecular formula is C11H16N2O. The number of ketones is 1. The summed E-state index contributed by atoms with van der Waals surface area (Å²) in [4.78, 5) is 15.3. The number of rotatable bonds is 4. The molecule has 1 saturated carbocycles. The fourth-order valence-electron chi connectivity index (χ4n) is 2.04. The molecule has 2 unspecified atom stereocenters. The van der Waals surface area contributed by atoms with Gasteiger partial charge in [0.05, 0.1) is 6.33 Å². The van der Waals surface area contributed by atoms with Gasteiger partial charge in [-0.25, -0.2) is 4.98 Å². The largest absolute Gasteiger partial charge is 0.334 e. The average Bonchev–Trinajstić information content (AvgIpc) is 2.82. The predicted octanol–water partition coefficient (Wildman–Crippen LogP) is 1.99. The highest BCUT2D eigenvalue weighted by Gasteiger charge is 2.43. The molecule has 0 aliphatic heterocycles. The number of Topliss-reactive ketones (excluding diaryl/α,β-unsaturated/α-hetero) is 1. The van der Waals surface area contributed by atoms with Crippen molar-refractivity contribution in [3.05, 3.63) is 18.2 Å². The summed E-state index contributed by atoms with van der Waals surface area (Å²) >= 11 is 0. The minimum atomic E-state index is 0.266. The first-order valence-corrected chi connectivity index (χ1v) is 5.24. The van der Waals surface area contributed by atoms with Gasteiger partial charge in [-0.15, -0.1) is 0 Å². The fraction of sp³-hybridized carbons (Fsp3) is 0.636. The molecule has 3 nitrogen and oxygen atoms in total. The molecule has 14 heavy (non-hydrogen) atoms. The smallest absolute Gasteiger partial charge is 0.133 e. The molecule has 2 atom stereocenters. The number of hydrogen-bond donors (Lipinski definition) is 0. The van der Waals surface area contributed by atoms with Gasteiger partial charge in [0.15, 0.2) is 0 Å². The lowest BCUT2D eigenvalue weighted by molar-refractivity contribution is -0.118. The lowest BCUT2D eigenvalue weighted by atomic mass is 10.2. The number of aromatic nitrogens is 2. The van der Waals surface area contributed by atoms with Gasteiger partial charge in [0.25, 0.3) is 0 Å². The van der Waals surface area contributed by atoms with Gasteiger partial charge in [0.1, 0.15) is 5.78 Å². The van der Waals surface area contributed by atoms with Crippen molar-refractivity contribution in [2.75, 3.05) is 0 Å². The van der Waals surface area contributed by atoms with Gasteiger partial charge in [-0.3, -0.25) is 4.79 Å². The molecule has 3 heteroatoms. The maximum Gasteiger partial charge on any atom is 0.133 e. The molecule has 1 aliphatic rings. The van der Waals surface area contributed by atoms with E-state index in [0.29, 0.717) is 11.7 Å². The van der Waals surface area contributed by atoms with Crippen LogP contribution < -0.4 is 0 Å². The van der Waals surface area contributed by atoms with Gasteiger partial charge in [-0.05, 0) is 19.8 Å². The molecular weight excluding hydrogens is 176 g/mol. The number of aryl methyl sites for hydroxylation is 1. The lowest BCUT2D eigenvalue weighted by Crippen LogP contribution is -2.02. The predicted molar refractivity (Wildman–Crippen MR) is 54.0 cm³/mol.